The number of benzene rings is 2. The summed E-state index contributed by atoms with van der Waals surface area (Å²) in [6, 6.07) is 15.5. The van der Waals surface area contributed by atoms with E-state index in [4.69, 9.17) is 31.8 Å². The number of methoxy groups -OCH3 is 1. The first-order valence-corrected chi connectivity index (χ1v) is 13.6. The number of amides is 1. The molecule has 0 unspecified atom stereocenters. The van der Waals surface area contributed by atoms with Gasteiger partial charge in [-0.25, -0.2) is 9.97 Å². The minimum atomic E-state index is -0.304. The Labute approximate surface area is 232 Å². The lowest BCUT2D eigenvalue weighted by atomic mass is 10.1. The number of carbonyl (C=O) groups is 2. The second-order valence-corrected chi connectivity index (χ2v) is 9.52. The molecule has 0 fully saturated rings. The van der Waals surface area contributed by atoms with E-state index in [0.717, 1.165) is 46.2 Å². The van der Waals surface area contributed by atoms with Gasteiger partial charge in [-0.1, -0.05) is 42.5 Å². The number of aromatic nitrogens is 3. The van der Waals surface area contributed by atoms with Crippen molar-refractivity contribution >= 4 is 51.2 Å². The van der Waals surface area contributed by atoms with Crippen LogP contribution in [-0.4, -0.2) is 57.5 Å². The van der Waals surface area contributed by atoms with Gasteiger partial charge in [0.15, 0.2) is 5.82 Å². The highest BCUT2D eigenvalue weighted by atomic mass is 35.5. The van der Waals surface area contributed by atoms with E-state index >= 15 is 0 Å². The van der Waals surface area contributed by atoms with Crippen molar-refractivity contribution in [3.63, 3.8) is 0 Å². The molecule has 2 N–H and O–H groups in total. The van der Waals surface area contributed by atoms with Gasteiger partial charge in [-0.05, 0) is 37.0 Å². The molecule has 0 bridgehead atoms. The molecule has 0 saturated heterocycles. The number of para-hydroxylation sites is 1. The van der Waals surface area contributed by atoms with Gasteiger partial charge >= 0.3 is 5.97 Å². The van der Waals surface area contributed by atoms with Crippen LogP contribution in [0.4, 0.5) is 5.82 Å². The number of ether oxygens (including phenoxy) is 2. The minimum absolute atomic E-state index is 0.0925. The molecule has 206 valence electrons. The molecule has 0 aliphatic carbocycles. The number of nitrogens with zero attached hydrogens (tertiary/aromatic N) is 4. The predicted octanol–water partition coefficient (Wildman–Crippen LogP) is 4.47. The summed E-state index contributed by atoms with van der Waals surface area (Å²) in [5.41, 5.74) is 10.5. The summed E-state index contributed by atoms with van der Waals surface area (Å²) in [7, 11) is 1.37. The van der Waals surface area contributed by atoms with Crippen LogP contribution in [0, 0.1) is 0 Å². The molecule has 1 amide bonds. The zero-order chi connectivity index (χ0) is 27.8. The van der Waals surface area contributed by atoms with Gasteiger partial charge in [-0.3, -0.25) is 9.59 Å². The largest absolute Gasteiger partial charge is 0.469 e. The Morgan fingerprint density at radius 2 is 1.87 bits per heavy atom. The van der Waals surface area contributed by atoms with Crippen molar-refractivity contribution in [2.24, 2.45) is 0 Å². The summed E-state index contributed by atoms with van der Waals surface area (Å²) in [5.74, 6) is 0.665. The Kier molecular flexibility index (Phi) is 9.73. The van der Waals surface area contributed by atoms with Crippen LogP contribution >= 0.6 is 11.6 Å². The van der Waals surface area contributed by atoms with Crippen LogP contribution < -0.4 is 5.73 Å². The molecule has 2 aromatic carbocycles. The van der Waals surface area contributed by atoms with Crippen molar-refractivity contribution in [3.8, 4) is 0 Å². The fourth-order valence-corrected chi connectivity index (χ4v) is 4.86. The average Bonchev–Trinajstić information content (AvgIpc) is 3.32. The van der Waals surface area contributed by atoms with Crippen molar-refractivity contribution in [1.29, 1.82) is 0 Å². The van der Waals surface area contributed by atoms with E-state index in [-0.39, 0.29) is 24.2 Å². The van der Waals surface area contributed by atoms with E-state index in [1.54, 1.807) is 4.90 Å². The molecule has 2 heterocycles. The molecule has 0 aliphatic heterocycles. The van der Waals surface area contributed by atoms with Crippen molar-refractivity contribution < 1.29 is 19.1 Å². The summed E-state index contributed by atoms with van der Waals surface area (Å²) < 4.78 is 12.6. The smallest absolute Gasteiger partial charge is 0.309 e. The van der Waals surface area contributed by atoms with E-state index in [1.165, 1.54) is 7.11 Å². The number of esters is 1. The topological polar surface area (TPSA) is 113 Å². The number of alkyl halides is 1. The molecule has 39 heavy (non-hydrogen) atoms. The number of fused-ring (bicyclic) bond motifs is 3. The second kappa shape index (κ2) is 13.4. The lowest BCUT2D eigenvalue weighted by Gasteiger charge is -2.22. The average molecular weight is 552 g/mol. The van der Waals surface area contributed by atoms with Gasteiger partial charge in [0.2, 0.25) is 5.91 Å². The molecule has 2 aromatic heterocycles. The fraction of sp³-hybridized carbons (Fsp3) is 0.379. The lowest BCUT2D eigenvalue weighted by Crippen LogP contribution is -2.32. The third kappa shape index (κ3) is 6.85. The maximum atomic E-state index is 12.6. The van der Waals surface area contributed by atoms with Gasteiger partial charge in [-0.2, -0.15) is 0 Å². The van der Waals surface area contributed by atoms with Gasteiger partial charge in [0.25, 0.3) is 0 Å². The number of imidazole rings is 1. The SMILES string of the molecule is CCOCc1nc2c(N)nc3ccccc3c2n1CCCCN(Cc1cccc(CC(=O)OC)c1)C(=O)CCl. The van der Waals surface area contributed by atoms with Crippen LogP contribution in [0.1, 0.15) is 36.7 Å². The molecule has 0 aliphatic rings. The van der Waals surface area contributed by atoms with Crippen molar-refractivity contribution in [2.45, 2.75) is 45.9 Å². The van der Waals surface area contributed by atoms with Crippen LogP contribution in [0.5, 0.6) is 0 Å². The van der Waals surface area contributed by atoms with E-state index in [2.05, 4.69) is 9.55 Å². The summed E-state index contributed by atoms with van der Waals surface area (Å²) in [5, 5.41) is 0.989. The highest BCUT2D eigenvalue weighted by molar-refractivity contribution is 6.27. The Bertz CT molecular complexity index is 1450. The number of unbranched alkanes of at least 4 members (excludes halogenated alkanes) is 1. The molecule has 0 saturated carbocycles. The molecule has 4 rings (SSSR count). The fourth-order valence-electron chi connectivity index (χ4n) is 4.70. The number of aryl methyl sites for hydroxylation is 1. The van der Waals surface area contributed by atoms with Gasteiger partial charge in [0.05, 0.1) is 24.6 Å². The normalized spacial score (nSPS) is 11.3. The van der Waals surface area contributed by atoms with E-state index < -0.39 is 0 Å². The minimum Gasteiger partial charge on any atom is -0.469 e. The van der Waals surface area contributed by atoms with Crippen LogP contribution in [-0.2, 0) is 45.2 Å². The first-order valence-electron chi connectivity index (χ1n) is 13.0. The molecule has 0 spiro atoms. The first kappa shape index (κ1) is 28.3. The van der Waals surface area contributed by atoms with Gasteiger partial charge in [0, 0.05) is 31.6 Å². The molecular weight excluding hydrogens is 518 g/mol. The third-order valence-corrected chi connectivity index (χ3v) is 6.82. The monoisotopic (exact) mass is 551 g/mol. The number of nitrogens with two attached hydrogens (primary N) is 1. The third-order valence-electron chi connectivity index (χ3n) is 6.59. The molecule has 10 heteroatoms. The summed E-state index contributed by atoms with van der Waals surface area (Å²) >= 11 is 5.93. The zero-order valence-electron chi connectivity index (χ0n) is 22.4. The Balaban J connectivity index is 1.50. The number of hydrogen-bond acceptors (Lipinski definition) is 7. The quantitative estimate of drug-likeness (QED) is 0.148. The number of nitrogen functional groups attached to an aromatic ring is 1. The molecule has 0 radical (unpaired) electrons. The summed E-state index contributed by atoms with van der Waals surface area (Å²) in [6.07, 6.45) is 1.75. The molecular formula is C29H34ClN5O4. The maximum Gasteiger partial charge on any atom is 0.309 e. The number of halogens is 1. The Hall–Kier alpha value is -3.69. The van der Waals surface area contributed by atoms with Crippen LogP contribution in [0.25, 0.3) is 21.9 Å². The molecule has 4 aromatic rings. The van der Waals surface area contributed by atoms with E-state index in [9.17, 15) is 9.59 Å². The lowest BCUT2D eigenvalue weighted by molar-refractivity contribution is -0.139. The Morgan fingerprint density at radius 3 is 2.64 bits per heavy atom. The van der Waals surface area contributed by atoms with Crippen molar-refractivity contribution in [1.82, 2.24) is 19.4 Å². The van der Waals surface area contributed by atoms with Crippen LogP contribution in [0.3, 0.4) is 0 Å². The van der Waals surface area contributed by atoms with Crippen LogP contribution in [0.2, 0.25) is 0 Å². The second-order valence-electron chi connectivity index (χ2n) is 9.26. The highest BCUT2D eigenvalue weighted by Gasteiger charge is 2.18. The number of pyridine rings is 1. The van der Waals surface area contributed by atoms with Crippen LogP contribution in [0.15, 0.2) is 48.5 Å². The van der Waals surface area contributed by atoms with E-state index in [1.807, 2.05) is 55.5 Å². The predicted molar refractivity (Wildman–Crippen MR) is 152 cm³/mol. The summed E-state index contributed by atoms with van der Waals surface area (Å²) in [4.78, 5) is 35.4. The van der Waals surface area contributed by atoms with Gasteiger partial charge < -0.3 is 24.7 Å². The molecule has 9 nitrogen and oxygen atoms in total. The number of anilines is 1. The maximum absolute atomic E-state index is 12.6. The first-order chi connectivity index (χ1) is 18.9. The van der Waals surface area contributed by atoms with Crippen molar-refractivity contribution in [3.05, 3.63) is 65.5 Å². The number of carbonyl (C=O) groups excluding carboxylic acids is 2. The summed E-state index contributed by atoms with van der Waals surface area (Å²) in [6.45, 7) is 4.54. The zero-order valence-corrected chi connectivity index (χ0v) is 23.1. The number of hydrogen-bond donors (Lipinski definition) is 1. The standard InChI is InChI=1S/C29H34ClN5O4/c1-3-39-19-24-33-27-28(22-11-4-5-12-23(22)32-29(27)31)35(24)14-7-6-13-34(25(36)17-30)18-21-10-8-9-20(15-21)16-26(37)38-2/h4-5,8-12,15H,3,6-7,13-14,16-19H2,1-2H3,(H2,31,32). The highest BCUT2D eigenvalue weighted by Crippen LogP contribution is 2.29. The van der Waals surface area contributed by atoms with Gasteiger partial charge in [-0.15, -0.1) is 11.6 Å². The van der Waals surface area contributed by atoms with Gasteiger partial charge in [0.1, 0.15) is 23.8 Å². The number of rotatable bonds is 13. The van der Waals surface area contributed by atoms with E-state index in [0.29, 0.717) is 44.2 Å². The molecule has 0 atom stereocenters. The van der Waals surface area contributed by atoms with Crippen molar-refractivity contribution in [2.75, 3.05) is 31.9 Å². The Morgan fingerprint density at radius 1 is 1.08 bits per heavy atom.